The molecule has 0 bridgehead atoms. The number of carbonyl (C=O) groups excluding carboxylic acids is 1. The van der Waals surface area contributed by atoms with E-state index in [9.17, 15) is 9.59 Å². The van der Waals surface area contributed by atoms with Gasteiger partial charge >= 0.3 is 5.97 Å². The fraction of sp³-hybridized carbons (Fsp3) is 0.312. The smallest absolute Gasteiger partial charge is 0.305 e. The van der Waals surface area contributed by atoms with E-state index in [1.54, 1.807) is 36.6 Å². The van der Waals surface area contributed by atoms with Gasteiger partial charge in [0.25, 0.3) is 0 Å². The number of carbonyl (C=O) groups is 2. The van der Waals surface area contributed by atoms with Crippen LogP contribution >= 0.6 is 22.9 Å². The molecule has 1 atom stereocenters. The zero-order valence-corrected chi connectivity index (χ0v) is 14.6. The van der Waals surface area contributed by atoms with E-state index in [4.69, 9.17) is 21.4 Å². The van der Waals surface area contributed by atoms with Crippen molar-refractivity contribution in [1.29, 1.82) is 0 Å². The maximum atomic E-state index is 11.8. The molecule has 0 saturated carbocycles. The first kappa shape index (κ1) is 18.2. The number of nitrogens with zero attached hydrogens (tertiary/aromatic N) is 1. The van der Waals surface area contributed by atoms with E-state index < -0.39 is 12.0 Å². The minimum Gasteiger partial charge on any atom is -0.486 e. The molecule has 128 valence electrons. The molecule has 0 fully saturated rings. The van der Waals surface area contributed by atoms with Crippen LogP contribution in [0.2, 0.25) is 5.02 Å². The Morgan fingerprint density at radius 2 is 2.08 bits per heavy atom. The second-order valence-electron chi connectivity index (χ2n) is 5.22. The van der Waals surface area contributed by atoms with Crippen LogP contribution in [-0.2, 0) is 22.6 Å². The van der Waals surface area contributed by atoms with E-state index >= 15 is 0 Å². The first-order valence-corrected chi connectivity index (χ1v) is 8.51. The van der Waals surface area contributed by atoms with Gasteiger partial charge in [0.05, 0.1) is 18.5 Å². The Morgan fingerprint density at radius 3 is 2.75 bits per heavy atom. The number of amides is 1. The van der Waals surface area contributed by atoms with Crippen molar-refractivity contribution >= 4 is 34.8 Å². The summed E-state index contributed by atoms with van der Waals surface area (Å²) in [6, 6.07) is 6.61. The lowest BCUT2D eigenvalue weighted by molar-refractivity contribution is -0.137. The normalized spacial score (nSPS) is 11.8. The molecule has 0 saturated heterocycles. The van der Waals surface area contributed by atoms with E-state index in [1.807, 2.05) is 0 Å². The SMILES string of the molecule is CC(CC(=O)O)NC(=O)Cc1csc(COc2ccc(Cl)cc2)n1. The molecule has 1 aromatic carbocycles. The standard InChI is InChI=1S/C16H17ClN2O4S/c1-10(6-16(21)22)18-14(20)7-12-9-24-15(19-12)8-23-13-4-2-11(17)3-5-13/h2-5,9-10H,6-8H2,1H3,(H,18,20)(H,21,22). The number of hydrogen-bond acceptors (Lipinski definition) is 5. The second kappa shape index (κ2) is 8.65. The summed E-state index contributed by atoms with van der Waals surface area (Å²) in [5, 5.41) is 14.5. The average molecular weight is 369 g/mol. The summed E-state index contributed by atoms with van der Waals surface area (Å²) < 4.78 is 5.60. The van der Waals surface area contributed by atoms with Crippen LogP contribution in [0.4, 0.5) is 0 Å². The molecule has 1 heterocycles. The number of halogens is 1. The molecule has 1 amide bonds. The molecular weight excluding hydrogens is 352 g/mol. The zero-order valence-electron chi connectivity index (χ0n) is 13.0. The number of carboxylic acid groups (broad SMARTS) is 1. The van der Waals surface area contributed by atoms with Crippen molar-refractivity contribution in [2.75, 3.05) is 0 Å². The Labute approximate surface area is 148 Å². The molecule has 0 aliphatic rings. The van der Waals surface area contributed by atoms with Gasteiger partial charge < -0.3 is 15.2 Å². The third-order valence-corrected chi connectivity index (χ3v) is 4.13. The Hall–Kier alpha value is -2.12. The Bertz CT molecular complexity index is 702. The molecule has 6 nitrogen and oxygen atoms in total. The summed E-state index contributed by atoms with van der Waals surface area (Å²) in [6.45, 7) is 1.96. The van der Waals surface area contributed by atoms with Crippen LogP contribution in [0.25, 0.3) is 0 Å². The minimum atomic E-state index is -0.946. The highest BCUT2D eigenvalue weighted by Crippen LogP contribution is 2.18. The van der Waals surface area contributed by atoms with Crippen LogP contribution in [0.5, 0.6) is 5.75 Å². The van der Waals surface area contributed by atoms with Gasteiger partial charge in [-0.1, -0.05) is 11.6 Å². The van der Waals surface area contributed by atoms with Crippen molar-refractivity contribution in [1.82, 2.24) is 10.3 Å². The monoisotopic (exact) mass is 368 g/mol. The molecule has 8 heteroatoms. The minimum absolute atomic E-state index is 0.108. The van der Waals surface area contributed by atoms with Crippen LogP contribution in [-0.4, -0.2) is 28.0 Å². The molecule has 0 spiro atoms. The van der Waals surface area contributed by atoms with Gasteiger partial charge in [0.15, 0.2) is 0 Å². The van der Waals surface area contributed by atoms with E-state index in [1.165, 1.54) is 11.3 Å². The largest absolute Gasteiger partial charge is 0.486 e. The lowest BCUT2D eigenvalue weighted by atomic mass is 10.2. The van der Waals surface area contributed by atoms with Gasteiger partial charge in [-0.3, -0.25) is 9.59 Å². The maximum absolute atomic E-state index is 11.8. The third kappa shape index (κ3) is 6.17. The van der Waals surface area contributed by atoms with Gasteiger partial charge in [-0.25, -0.2) is 4.98 Å². The fourth-order valence-corrected chi connectivity index (χ4v) is 2.81. The highest BCUT2D eigenvalue weighted by molar-refractivity contribution is 7.09. The molecule has 2 N–H and O–H groups in total. The number of aliphatic carboxylic acids is 1. The predicted molar refractivity (Wildman–Crippen MR) is 91.5 cm³/mol. The summed E-state index contributed by atoms with van der Waals surface area (Å²) in [5.41, 5.74) is 0.634. The zero-order chi connectivity index (χ0) is 17.5. The molecule has 2 rings (SSSR count). The fourth-order valence-electron chi connectivity index (χ4n) is 1.98. The number of aromatic nitrogens is 1. The van der Waals surface area contributed by atoms with Gasteiger partial charge in [0.2, 0.25) is 5.91 Å². The number of carboxylic acids is 1. The Morgan fingerprint density at radius 1 is 1.38 bits per heavy atom. The number of rotatable bonds is 8. The first-order valence-electron chi connectivity index (χ1n) is 7.25. The van der Waals surface area contributed by atoms with Crippen LogP contribution < -0.4 is 10.1 Å². The number of ether oxygens (including phenoxy) is 1. The van der Waals surface area contributed by atoms with Crippen molar-refractivity contribution < 1.29 is 19.4 Å². The molecule has 24 heavy (non-hydrogen) atoms. The molecule has 2 aromatic rings. The number of hydrogen-bond donors (Lipinski definition) is 2. The lowest BCUT2D eigenvalue weighted by Crippen LogP contribution is -2.35. The van der Waals surface area contributed by atoms with Crippen molar-refractivity contribution in [3.63, 3.8) is 0 Å². The van der Waals surface area contributed by atoms with Crippen molar-refractivity contribution in [3.8, 4) is 5.75 Å². The van der Waals surface area contributed by atoms with Gasteiger partial charge in [-0.2, -0.15) is 0 Å². The van der Waals surface area contributed by atoms with Crippen molar-refractivity contribution in [3.05, 3.63) is 45.4 Å². The Kier molecular flexibility index (Phi) is 6.57. The van der Waals surface area contributed by atoms with Gasteiger partial charge in [0.1, 0.15) is 17.4 Å². The summed E-state index contributed by atoms with van der Waals surface area (Å²) in [5.74, 6) is -0.506. The first-order chi connectivity index (χ1) is 11.4. The number of thiazole rings is 1. The molecule has 0 aliphatic carbocycles. The molecule has 1 aromatic heterocycles. The summed E-state index contributed by atoms with van der Waals surface area (Å²) in [7, 11) is 0. The van der Waals surface area contributed by atoms with Gasteiger partial charge in [0, 0.05) is 16.4 Å². The summed E-state index contributed by atoms with van der Waals surface area (Å²) in [4.78, 5) is 26.8. The van der Waals surface area contributed by atoms with E-state index in [2.05, 4.69) is 10.3 Å². The molecule has 0 radical (unpaired) electrons. The van der Waals surface area contributed by atoms with E-state index in [0.717, 1.165) is 5.01 Å². The van der Waals surface area contributed by atoms with E-state index in [-0.39, 0.29) is 18.7 Å². The van der Waals surface area contributed by atoms with Crippen molar-refractivity contribution in [2.24, 2.45) is 0 Å². The number of benzene rings is 1. The van der Waals surface area contributed by atoms with Crippen molar-refractivity contribution in [2.45, 2.75) is 32.4 Å². The second-order valence-corrected chi connectivity index (χ2v) is 6.60. The molecule has 1 unspecified atom stereocenters. The summed E-state index contributed by atoms with van der Waals surface area (Å²) >= 11 is 7.22. The summed E-state index contributed by atoms with van der Waals surface area (Å²) in [6.07, 6.45) is 0.00436. The Balaban J connectivity index is 1.81. The quantitative estimate of drug-likeness (QED) is 0.747. The maximum Gasteiger partial charge on any atom is 0.305 e. The highest BCUT2D eigenvalue weighted by Gasteiger charge is 2.13. The molecular formula is C16H17ClN2O4S. The van der Waals surface area contributed by atoms with Crippen LogP contribution in [0.3, 0.4) is 0 Å². The van der Waals surface area contributed by atoms with Crippen LogP contribution in [0.15, 0.2) is 29.6 Å². The van der Waals surface area contributed by atoms with Gasteiger partial charge in [-0.15, -0.1) is 11.3 Å². The number of nitrogens with one attached hydrogen (secondary N) is 1. The topological polar surface area (TPSA) is 88.5 Å². The van der Waals surface area contributed by atoms with E-state index in [0.29, 0.717) is 23.1 Å². The van der Waals surface area contributed by atoms with Gasteiger partial charge in [-0.05, 0) is 31.2 Å². The predicted octanol–water partition coefficient (Wildman–Crippen LogP) is 2.90. The molecule has 0 aliphatic heterocycles. The highest BCUT2D eigenvalue weighted by atomic mass is 35.5. The third-order valence-electron chi connectivity index (χ3n) is 3.01. The lowest BCUT2D eigenvalue weighted by Gasteiger charge is -2.10. The van der Waals surface area contributed by atoms with Crippen LogP contribution in [0, 0.1) is 0 Å². The average Bonchev–Trinajstić information content (AvgIpc) is 2.93. The van der Waals surface area contributed by atoms with Crippen LogP contribution in [0.1, 0.15) is 24.0 Å².